The summed E-state index contributed by atoms with van der Waals surface area (Å²) in [6, 6.07) is 16.1. The van der Waals surface area contributed by atoms with Crippen LogP contribution in [0.2, 0.25) is 0 Å². The van der Waals surface area contributed by atoms with Gasteiger partial charge in [0.15, 0.2) is 0 Å². The number of hydrogen-bond donors (Lipinski definition) is 1. The quantitative estimate of drug-likeness (QED) is 0.765. The molecule has 2 aromatic carbocycles. The number of anilines is 1. The van der Waals surface area contributed by atoms with Gasteiger partial charge in [-0.2, -0.15) is 0 Å². The smallest absolute Gasteiger partial charge is 0.0314 e. The van der Waals surface area contributed by atoms with E-state index in [9.17, 15) is 0 Å². The minimum Gasteiger partial charge on any atom is -0.399 e. The van der Waals surface area contributed by atoms with Gasteiger partial charge in [-0.25, -0.2) is 0 Å². The molecule has 0 atom stereocenters. The third-order valence-corrected chi connectivity index (χ3v) is 2.56. The first-order valence-corrected chi connectivity index (χ1v) is 5.16. The van der Waals surface area contributed by atoms with Gasteiger partial charge in [-0.1, -0.05) is 40.2 Å². The molecule has 2 heteroatoms. The Balaban J connectivity index is 2.44. The fourth-order valence-corrected chi connectivity index (χ4v) is 1.74. The number of halogens is 1. The van der Waals surface area contributed by atoms with Gasteiger partial charge in [0.1, 0.15) is 0 Å². The molecule has 0 bridgehead atoms. The van der Waals surface area contributed by atoms with Crippen LogP contribution in [-0.4, -0.2) is 0 Å². The Morgan fingerprint density at radius 2 is 1.57 bits per heavy atom. The molecule has 0 unspecified atom stereocenters. The van der Waals surface area contributed by atoms with Crippen molar-refractivity contribution < 1.29 is 0 Å². The normalized spacial score (nSPS) is 10.1. The summed E-state index contributed by atoms with van der Waals surface area (Å²) in [5.41, 5.74) is 8.80. The highest BCUT2D eigenvalue weighted by Gasteiger charge is 1.96. The van der Waals surface area contributed by atoms with Gasteiger partial charge in [-0.05, 0) is 35.4 Å². The maximum atomic E-state index is 5.63. The molecule has 0 radical (unpaired) electrons. The van der Waals surface area contributed by atoms with E-state index in [0.717, 1.165) is 10.2 Å². The lowest BCUT2D eigenvalue weighted by molar-refractivity contribution is 1.59. The van der Waals surface area contributed by atoms with Crippen molar-refractivity contribution in [2.24, 2.45) is 0 Å². The second kappa shape index (κ2) is 3.84. The van der Waals surface area contributed by atoms with Crippen LogP contribution in [0, 0.1) is 0 Å². The van der Waals surface area contributed by atoms with Gasteiger partial charge in [0.25, 0.3) is 0 Å². The fraction of sp³-hybridized carbons (Fsp3) is 0. The second-order valence-corrected chi connectivity index (χ2v) is 4.05. The maximum Gasteiger partial charge on any atom is 0.0314 e. The topological polar surface area (TPSA) is 26.0 Å². The Morgan fingerprint density at radius 3 is 2.21 bits per heavy atom. The second-order valence-electron chi connectivity index (χ2n) is 3.13. The van der Waals surface area contributed by atoms with Crippen LogP contribution >= 0.6 is 15.9 Å². The molecule has 0 aromatic heterocycles. The largest absolute Gasteiger partial charge is 0.399 e. The van der Waals surface area contributed by atoms with E-state index in [1.165, 1.54) is 11.1 Å². The van der Waals surface area contributed by atoms with E-state index >= 15 is 0 Å². The molecule has 0 spiro atoms. The predicted octanol–water partition coefficient (Wildman–Crippen LogP) is 3.70. The minimum absolute atomic E-state index is 0.795. The maximum absolute atomic E-state index is 5.63. The van der Waals surface area contributed by atoms with E-state index in [4.69, 9.17) is 5.73 Å². The molecule has 0 aliphatic heterocycles. The lowest BCUT2D eigenvalue weighted by Crippen LogP contribution is -1.83. The first-order chi connectivity index (χ1) is 6.75. The molecule has 0 saturated carbocycles. The summed E-state index contributed by atoms with van der Waals surface area (Å²) in [4.78, 5) is 0. The third-order valence-electron chi connectivity index (χ3n) is 2.07. The molecule has 0 fully saturated rings. The van der Waals surface area contributed by atoms with Crippen molar-refractivity contribution in [1.29, 1.82) is 0 Å². The van der Waals surface area contributed by atoms with Crippen molar-refractivity contribution >= 4 is 21.6 Å². The van der Waals surface area contributed by atoms with Gasteiger partial charge in [0.05, 0.1) is 0 Å². The zero-order valence-electron chi connectivity index (χ0n) is 7.57. The molecule has 0 saturated heterocycles. The highest BCUT2D eigenvalue weighted by Crippen LogP contribution is 2.23. The van der Waals surface area contributed by atoms with Crippen LogP contribution in [0.3, 0.4) is 0 Å². The Hall–Kier alpha value is -1.28. The first kappa shape index (κ1) is 9.28. The Bertz CT molecular complexity index is 434. The summed E-state index contributed by atoms with van der Waals surface area (Å²) in [7, 11) is 0. The van der Waals surface area contributed by atoms with Crippen molar-refractivity contribution in [3.8, 4) is 11.1 Å². The molecule has 2 N–H and O–H groups in total. The van der Waals surface area contributed by atoms with E-state index in [1.54, 1.807) is 0 Å². The van der Waals surface area contributed by atoms with Gasteiger partial charge >= 0.3 is 0 Å². The average molecular weight is 248 g/mol. The van der Waals surface area contributed by atoms with Gasteiger partial charge in [0.2, 0.25) is 0 Å². The van der Waals surface area contributed by atoms with Gasteiger partial charge in [-0.15, -0.1) is 0 Å². The summed E-state index contributed by atoms with van der Waals surface area (Å²) in [6.45, 7) is 0. The van der Waals surface area contributed by atoms with Crippen LogP contribution in [-0.2, 0) is 0 Å². The van der Waals surface area contributed by atoms with Crippen molar-refractivity contribution in [2.45, 2.75) is 0 Å². The van der Waals surface area contributed by atoms with Crippen LogP contribution in [0.1, 0.15) is 0 Å². The Kier molecular flexibility index (Phi) is 2.55. The van der Waals surface area contributed by atoms with Crippen LogP contribution in [0.15, 0.2) is 53.0 Å². The van der Waals surface area contributed by atoms with Crippen molar-refractivity contribution in [1.82, 2.24) is 0 Å². The van der Waals surface area contributed by atoms with Gasteiger partial charge < -0.3 is 5.73 Å². The highest BCUT2D eigenvalue weighted by atomic mass is 79.9. The van der Waals surface area contributed by atoms with Crippen molar-refractivity contribution in [3.05, 3.63) is 53.0 Å². The molecule has 0 amide bonds. The Morgan fingerprint density at radius 1 is 0.857 bits per heavy atom. The van der Waals surface area contributed by atoms with E-state index in [2.05, 4.69) is 28.1 Å². The summed E-state index contributed by atoms with van der Waals surface area (Å²) in [6.07, 6.45) is 0. The lowest BCUT2D eigenvalue weighted by Gasteiger charge is -2.02. The predicted molar refractivity (Wildman–Crippen MR) is 64.0 cm³/mol. The van der Waals surface area contributed by atoms with Crippen LogP contribution < -0.4 is 5.73 Å². The summed E-state index contributed by atoms with van der Waals surface area (Å²) in [5, 5.41) is 0. The van der Waals surface area contributed by atoms with Crippen LogP contribution in [0.4, 0.5) is 5.69 Å². The molecule has 70 valence electrons. The SMILES string of the molecule is Nc1ccc(-c2cccc(Br)c2)cc1. The standard InChI is InChI=1S/C12H10BrN/c13-11-3-1-2-10(8-11)9-4-6-12(14)7-5-9/h1-8H,14H2. The number of benzene rings is 2. The minimum atomic E-state index is 0.795. The molecular formula is C12H10BrN. The van der Waals surface area contributed by atoms with Gasteiger partial charge in [0, 0.05) is 10.2 Å². The summed E-state index contributed by atoms with van der Waals surface area (Å²) >= 11 is 3.45. The van der Waals surface area contributed by atoms with Crippen molar-refractivity contribution in [3.63, 3.8) is 0 Å². The molecule has 14 heavy (non-hydrogen) atoms. The monoisotopic (exact) mass is 247 g/mol. The fourth-order valence-electron chi connectivity index (χ4n) is 1.34. The third kappa shape index (κ3) is 1.96. The van der Waals surface area contributed by atoms with Crippen molar-refractivity contribution in [2.75, 3.05) is 5.73 Å². The lowest BCUT2D eigenvalue weighted by atomic mass is 10.1. The van der Waals surface area contributed by atoms with E-state index in [-0.39, 0.29) is 0 Å². The average Bonchev–Trinajstić information content (AvgIpc) is 2.19. The Labute approximate surface area is 91.7 Å². The number of nitrogen functional groups attached to an aromatic ring is 1. The number of rotatable bonds is 1. The zero-order valence-corrected chi connectivity index (χ0v) is 9.16. The zero-order chi connectivity index (χ0) is 9.97. The molecule has 1 nitrogen and oxygen atoms in total. The molecule has 0 aliphatic carbocycles. The summed E-state index contributed by atoms with van der Waals surface area (Å²) < 4.78 is 1.09. The van der Waals surface area contributed by atoms with E-state index in [0.29, 0.717) is 0 Å². The van der Waals surface area contributed by atoms with Gasteiger partial charge in [-0.3, -0.25) is 0 Å². The van der Waals surface area contributed by atoms with E-state index in [1.807, 2.05) is 36.4 Å². The number of nitrogens with two attached hydrogens (primary N) is 1. The van der Waals surface area contributed by atoms with E-state index < -0.39 is 0 Å². The molecule has 2 aromatic rings. The highest BCUT2D eigenvalue weighted by molar-refractivity contribution is 9.10. The molecule has 0 aliphatic rings. The molecule has 2 rings (SSSR count). The number of hydrogen-bond acceptors (Lipinski definition) is 1. The van der Waals surface area contributed by atoms with Crippen LogP contribution in [0.5, 0.6) is 0 Å². The molecule has 0 heterocycles. The first-order valence-electron chi connectivity index (χ1n) is 4.37. The summed E-state index contributed by atoms with van der Waals surface area (Å²) in [5.74, 6) is 0. The van der Waals surface area contributed by atoms with Crippen LogP contribution in [0.25, 0.3) is 11.1 Å². The molecular weight excluding hydrogens is 238 g/mol.